The molecule has 0 aromatic heterocycles. The van der Waals surface area contributed by atoms with Crippen LogP contribution in [0.15, 0.2) is 23.1 Å². The first-order valence-electron chi connectivity index (χ1n) is 7.52. The summed E-state index contributed by atoms with van der Waals surface area (Å²) >= 11 is 0. The number of hydrogen-bond acceptors (Lipinski definition) is 5. The Morgan fingerprint density at radius 1 is 1.35 bits per heavy atom. The van der Waals surface area contributed by atoms with Gasteiger partial charge in [-0.05, 0) is 31.4 Å². The van der Waals surface area contributed by atoms with E-state index in [0.29, 0.717) is 6.42 Å². The largest absolute Gasteiger partial charge is 0.465 e. The molecule has 6 nitrogen and oxygen atoms in total. The molecule has 1 atom stereocenters. The van der Waals surface area contributed by atoms with Gasteiger partial charge in [0.05, 0.1) is 17.6 Å². The van der Waals surface area contributed by atoms with Crippen LogP contribution in [0.4, 0.5) is 0 Å². The number of carbonyl (C=O) groups excluding carboxylic acids is 1. The summed E-state index contributed by atoms with van der Waals surface area (Å²) in [6.07, 6.45) is 0.548. The number of ether oxygens (including phenoxy) is 1. The molecule has 2 N–H and O–H groups in total. The fourth-order valence-corrected chi connectivity index (χ4v) is 3.43. The molecule has 0 fully saturated rings. The van der Waals surface area contributed by atoms with Gasteiger partial charge in [0.1, 0.15) is 0 Å². The van der Waals surface area contributed by atoms with Crippen molar-refractivity contribution in [2.24, 2.45) is 11.7 Å². The molecule has 1 unspecified atom stereocenters. The molecule has 1 rings (SSSR count). The van der Waals surface area contributed by atoms with Gasteiger partial charge in [-0.2, -0.15) is 0 Å². The Morgan fingerprint density at radius 2 is 1.96 bits per heavy atom. The van der Waals surface area contributed by atoms with E-state index in [0.717, 1.165) is 5.56 Å². The number of rotatable bonds is 7. The first-order valence-corrected chi connectivity index (χ1v) is 8.96. The number of aryl methyl sites for hydroxylation is 1. The van der Waals surface area contributed by atoms with E-state index in [1.807, 2.05) is 13.8 Å². The quantitative estimate of drug-likeness (QED) is 0.763. The average Bonchev–Trinajstić information content (AvgIpc) is 2.50. The van der Waals surface area contributed by atoms with Gasteiger partial charge in [-0.1, -0.05) is 25.5 Å². The van der Waals surface area contributed by atoms with Crippen LogP contribution in [-0.4, -0.2) is 45.4 Å². The van der Waals surface area contributed by atoms with Gasteiger partial charge in [0.25, 0.3) is 0 Å². The molecule has 130 valence electrons. The zero-order valence-corrected chi connectivity index (χ0v) is 15.2. The fraction of sp³-hybridized carbons (Fsp3) is 0.562. The molecule has 0 aliphatic carbocycles. The van der Waals surface area contributed by atoms with Crippen LogP contribution in [0.1, 0.15) is 36.2 Å². The third-order valence-corrected chi connectivity index (χ3v) is 5.78. The maximum Gasteiger partial charge on any atom is 0.339 e. The summed E-state index contributed by atoms with van der Waals surface area (Å²) < 4.78 is 31.4. The maximum atomic E-state index is 12.7. The Balaban J connectivity index is 3.11. The first kappa shape index (κ1) is 19.6. The molecule has 1 aromatic carbocycles. The molecule has 0 saturated carbocycles. The van der Waals surface area contributed by atoms with Crippen LogP contribution in [0.25, 0.3) is 0 Å². The number of hydrogen-bond donors (Lipinski definition) is 1. The van der Waals surface area contributed by atoms with E-state index in [2.05, 4.69) is 0 Å². The van der Waals surface area contributed by atoms with Crippen molar-refractivity contribution in [3.8, 4) is 0 Å². The molecule has 0 aliphatic heterocycles. The lowest BCUT2D eigenvalue weighted by Crippen LogP contribution is -2.35. The fourth-order valence-electron chi connectivity index (χ4n) is 2.09. The number of esters is 1. The zero-order chi connectivity index (χ0) is 17.8. The minimum absolute atomic E-state index is 0.0458. The summed E-state index contributed by atoms with van der Waals surface area (Å²) in [5.41, 5.74) is 6.81. The van der Waals surface area contributed by atoms with Gasteiger partial charge in [0.2, 0.25) is 10.0 Å². The van der Waals surface area contributed by atoms with Crippen molar-refractivity contribution < 1.29 is 17.9 Å². The molecule has 1 aromatic rings. The van der Waals surface area contributed by atoms with Gasteiger partial charge in [-0.15, -0.1) is 0 Å². The third-order valence-electron chi connectivity index (χ3n) is 3.86. The molecule has 0 heterocycles. The van der Waals surface area contributed by atoms with Crippen molar-refractivity contribution in [2.75, 3.05) is 20.7 Å². The zero-order valence-electron chi connectivity index (χ0n) is 14.4. The monoisotopic (exact) mass is 342 g/mol. The summed E-state index contributed by atoms with van der Waals surface area (Å²) in [7, 11) is -1.07. The molecule has 0 spiro atoms. The number of methoxy groups -OCH3 is 1. The molecule has 0 saturated heterocycles. The van der Waals surface area contributed by atoms with E-state index in [1.165, 1.54) is 30.6 Å². The second-order valence-electron chi connectivity index (χ2n) is 6.01. The van der Waals surface area contributed by atoms with Crippen LogP contribution < -0.4 is 5.73 Å². The van der Waals surface area contributed by atoms with Crippen LogP contribution in [-0.2, 0) is 14.8 Å². The number of carbonyl (C=O) groups is 1. The standard InChI is InChI=1S/C16H26N2O4S/c1-11(2)14(17)8-9-18(4)23(20,21)15-7-6-12(3)10-13(15)16(19)22-5/h6-7,10-11,14H,8-9,17H2,1-5H3. The smallest absolute Gasteiger partial charge is 0.339 e. The van der Waals surface area contributed by atoms with Crippen molar-refractivity contribution in [1.29, 1.82) is 0 Å². The van der Waals surface area contributed by atoms with Crippen molar-refractivity contribution in [3.63, 3.8) is 0 Å². The Hall–Kier alpha value is -1.44. The van der Waals surface area contributed by atoms with E-state index >= 15 is 0 Å². The van der Waals surface area contributed by atoms with Gasteiger partial charge in [0.15, 0.2) is 0 Å². The second-order valence-corrected chi connectivity index (χ2v) is 8.03. The van der Waals surface area contributed by atoms with Crippen LogP contribution >= 0.6 is 0 Å². The van der Waals surface area contributed by atoms with Crippen molar-refractivity contribution in [1.82, 2.24) is 4.31 Å². The summed E-state index contributed by atoms with van der Waals surface area (Å²) in [5.74, 6) is -0.393. The molecule has 0 bridgehead atoms. The van der Waals surface area contributed by atoms with Crippen molar-refractivity contribution >= 4 is 16.0 Å². The lowest BCUT2D eigenvalue weighted by molar-refractivity contribution is 0.0596. The Morgan fingerprint density at radius 3 is 2.48 bits per heavy atom. The van der Waals surface area contributed by atoms with E-state index < -0.39 is 16.0 Å². The molecule has 0 amide bonds. The van der Waals surface area contributed by atoms with Crippen molar-refractivity contribution in [3.05, 3.63) is 29.3 Å². The SMILES string of the molecule is COC(=O)c1cc(C)ccc1S(=O)(=O)N(C)CCC(N)C(C)C. The molecule has 0 aliphatic rings. The van der Waals surface area contributed by atoms with Crippen LogP contribution in [0.5, 0.6) is 0 Å². The average molecular weight is 342 g/mol. The summed E-state index contributed by atoms with van der Waals surface area (Å²) in [6.45, 7) is 6.06. The van der Waals surface area contributed by atoms with Gasteiger partial charge >= 0.3 is 5.97 Å². The van der Waals surface area contributed by atoms with E-state index in [9.17, 15) is 13.2 Å². The second kappa shape index (κ2) is 7.90. The lowest BCUT2D eigenvalue weighted by atomic mass is 10.0. The molecular weight excluding hydrogens is 316 g/mol. The molecular formula is C16H26N2O4S. The van der Waals surface area contributed by atoms with E-state index in [-0.39, 0.29) is 29.0 Å². The Bertz CT molecular complexity index is 656. The van der Waals surface area contributed by atoms with Crippen LogP contribution in [0.3, 0.4) is 0 Å². The predicted molar refractivity (Wildman–Crippen MR) is 89.8 cm³/mol. The highest BCUT2D eigenvalue weighted by Crippen LogP contribution is 2.22. The maximum absolute atomic E-state index is 12.7. The van der Waals surface area contributed by atoms with Crippen LogP contribution in [0.2, 0.25) is 0 Å². The Labute approximate surface area is 138 Å². The highest BCUT2D eigenvalue weighted by molar-refractivity contribution is 7.89. The predicted octanol–water partition coefficient (Wildman–Crippen LogP) is 1.78. The number of benzene rings is 1. The number of sulfonamides is 1. The van der Waals surface area contributed by atoms with Gasteiger partial charge in [-0.3, -0.25) is 0 Å². The molecule has 7 heteroatoms. The van der Waals surface area contributed by atoms with E-state index in [1.54, 1.807) is 13.0 Å². The normalized spacial score (nSPS) is 13.4. The van der Waals surface area contributed by atoms with Crippen molar-refractivity contribution in [2.45, 2.75) is 38.1 Å². The molecule has 23 heavy (non-hydrogen) atoms. The highest BCUT2D eigenvalue weighted by atomic mass is 32.2. The molecule has 0 radical (unpaired) electrons. The topological polar surface area (TPSA) is 89.7 Å². The third kappa shape index (κ3) is 4.76. The highest BCUT2D eigenvalue weighted by Gasteiger charge is 2.27. The Kier molecular flexibility index (Phi) is 6.73. The van der Waals surface area contributed by atoms with Gasteiger partial charge in [0, 0.05) is 19.6 Å². The lowest BCUT2D eigenvalue weighted by Gasteiger charge is -2.22. The summed E-state index contributed by atoms with van der Waals surface area (Å²) in [5, 5.41) is 0. The number of nitrogens with zero attached hydrogens (tertiary/aromatic N) is 1. The number of nitrogens with two attached hydrogens (primary N) is 1. The first-order chi connectivity index (χ1) is 10.6. The van der Waals surface area contributed by atoms with Gasteiger partial charge in [-0.25, -0.2) is 17.5 Å². The minimum atomic E-state index is -3.79. The van der Waals surface area contributed by atoms with E-state index in [4.69, 9.17) is 10.5 Å². The minimum Gasteiger partial charge on any atom is -0.465 e. The van der Waals surface area contributed by atoms with Gasteiger partial charge < -0.3 is 10.5 Å². The van der Waals surface area contributed by atoms with Crippen LogP contribution in [0, 0.1) is 12.8 Å². The summed E-state index contributed by atoms with van der Waals surface area (Å²) in [6, 6.07) is 4.54. The summed E-state index contributed by atoms with van der Waals surface area (Å²) in [4.78, 5) is 11.8.